The number of aromatic nitrogens is 3. The van der Waals surface area contributed by atoms with Gasteiger partial charge in [-0.2, -0.15) is 10.4 Å². The summed E-state index contributed by atoms with van der Waals surface area (Å²) in [6, 6.07) is 17.7. The van der Waals surface area contributed by atoms with Gasteiger partial charge in [0.05, 0.1) is 45.9 Å². The summed E-state index contributed by atoms with van der Waals surface area (Å²) in [6.07, 6.45) is 10.2. The lowest BCUT2D eigenvalue weighted by Crippen LogP contribution is -2.54. The number of nitrogens with zero attached hydrogens (tertiary/aromatic N) is 9. The Hall–Kier alpha value is -5.39. The maximum Gasteiger partial charge on any atom is 0.322 e. The van der Waals surface area contributed by atoms with E-state index in [1.807, 2.05) is 47.5 Å². The Morgan fingerprint density at radius 2 is 1.82 bits per heavy atom. The summed E-state index contributed by atoms with van der Waals surface area (Å²) in [6.45, 7) is 9.33. The van der Waals surface area contributed by atoms with E-state index < -0.39 is 0 Å². The molecule has 2 aromatic heterocycles. The van der Waals surface area contributed by atoms with Crippen molar-refractivity contribution in [3.63, 3.8) is 0 Å². The summed E-state index contributed by atoms with van der Waals surface area (Å²) >= 11 is 6.28. The zero-order valence-corrected chi connectivity index (χ0v) is 33.6. The Morgan fingerprint density at radius 3 is 2.51 bits per heavy atom. The first-order chi connectivity index (χ1) is 27.7. The Labute approximate surface area is 339 Å². The fourth-order valence-corrected chi connectivity index (χ4v) is 8.74. The van der Waals surface area contributed by atoms with Crippen molar-refractivity contribution in [2.45, 2.75) is 57.5 Å². The van der Waals surface area contributed by atoms with E-state index in [-0.39, 0.29) is 24.4 Å². The third-order valence-electron chi connectivity index (χ3n) is 11.9. The number of fused-ring (bicyclic) bond motifs is 1. The zero-order chi connectivity index (χ0) is 39.9. The average molecular weight is 794 g/mol. The lowest BCUT2D eigenvalue weighted by molar-refractivity contribution is -0.120. The monoisotopic (exact) mass is 793 g/mol. The molecule has 3 saturated heterocycles. The van der Waals surface area contributed by atoms with Gasteiger partial charge in [-0.05, 0) is 94.0 Å². The second-order valence-corrected chi connectivity index (χ2v) is 15.8. The molecule has 2 aromatic carbocycles. The number of benzene rings is 2. The minimum atomic E-state index is -0.137. The highest BCUT2D eigenvalue weighted by atomic mass is 35.5. The number of carbonyl (C=O) groups excluding carboxylic acids is 3. The Balaban J connectivity index is 0.824. The Kier molecular flexibility index (Phi) is 12.8. The molecule has 3 aliphatic rings. The second-order valence-electron chi connectivity index (χ2n) is 15.4. The molecule has 0 spiro atoms. The summed E-state index contributed by atoms with van der Waals surface area (Å²) in [5.74, 6) is 1.53. The van der Waals surface area contributed by atoms with Crippen molar-refractivity contribution in [1.82, 2.24) is 29.9 Å². The number of piperazine rings is 1. The number of carbonyl (C=O) groups is 3. The molecule has 2 N–H and O–H groups in total. The SMILES string of the molecule is CNC(=O)CCN(C=O)c1cccc2c1cnn2C1CCN(CCC2CCN(c3ccc(NC(=O)N4CCN(c5ccc(C#N)c(Cl)c5)C(C)C4)cn3)CC2)CC1. The summed E-state index contributed by atoms with van der Waals surface area (Å²) in [7, 11) is 1.60. The molecule has 14 nitrogen and oxygen atoms in total. The quantitative estimate of drug-likeness (QED) is 0.172. The fourth-order valence-electron chi connectivity index (χ4n) is 8.53. The van der Waals surface area contributed by atoms with Crippen LogP contribution < -0.4 is 25.3 Å². The van der Waals surface area contributed by atoms with E-state index >= 15 is 0 Å². The standard InChI is InChI=1S/C42H52ClN11O3/c1-30-28-51(22-23-53(30)35-8-6-32(25-44)37(43)24-35)42(57)48-33-7-9-40(46-26-33)50-19-11-31(12-20-50)10-16-49-17-13-34(14-18-49)54-39-5-3-4-38(36(39)27-47-54)52(29-55)21-15-41(56)45-2/h3-9,24,26-27,29-31,34H,10-23,28H2,1-2H3,(H,45,56)(H,48,57). The van der Waals surface area contributed by atoms with Crippen LogP contribution in [0.25, 0.3) is 10.9 Å². The van der Waals surface area contributed by atoms with Gasteiger partial charge in [-0.15, -0.1) is 0 Å². The van der Waals surface area contributed by atoms with E-state index in [1.54, 1.807) is 24.2 Å². The van der Waals surface area contributed by atoms with Crippen LogP contribution in [-0.2, 0) is 9.59 Å². The van der Waals surface area contributed by atoms with Crippen LogP contribution in [0.4, 0.5) is 27.7 Å². The lowest BCUT2D eigenvalue weighted by atomic mass is 9.93. The van der Waals surface area contributed by atoms with E-state index in [2.05, 4.69) is 49.1 Å². The smallest absolute Gasteiger partial charge is 0.322 e. The van der Waals surface area contributed by atoms with Gasteiger partial charge >= 0.3 is 6.03 Å². The Morgan fingerprint density at radius 1 is 1.02 bits per heavy atom. The second kappa shape index (κ2) is 18.3. The van der Waals surface area contributed by atoms with E-state index in [0.717, 1.165) is 92.9 Å². The van der Waals surface area contributed by atoms with Gasteiger partial charge in [-0.3, -0.25) is 14.3 Å². The van der Waals surface area contributed by atoms with E-state index in [0.29, 0.717) is 54.4 Å². The number of piperidine rings is 2. The number of amides is 4. The predicted molar refractivity (Wildman–Crippen MR) is 224 cm³/mol. The number of rotatable bonds is 12. The number of halogens is 1. The van der Waals surface area contributed by atoms with Gasteiger partial charge in [0, 0.05) is 82.9 Å². The van der Waals surface area contributed by atoms with Gasteiger partial charge < -0.3 is 35.1 Å². The van der Waals surface area contributed by atoms with Gasteiger partial charge in [-0.25, -0.2) is 9.78 Å². The van der Waals surface area contributed by atoms with Crippen molar-refractivity contribution in [3.8, 4) is 6.07 Å². The van der Waals surface area contributed by atoms with Gasteiger partial charge in [0.25, 0.3) is 0 Å². The highest BCUT2D eigenvalue weighted by Gasteiger charge is 2.29. The van der Waals surface area contributed by atoms with Crippen LogP contribution in [0.5, 0.6) is 0 Å². The molecule has 4 amide bonds. The first-order valence-corrected chi connectivity index (χ1v) is 20.5. The molecular formula is C42H52ClN11O3. The van der Waals surface area contributed by atoms with Crippen molar-refractivity contribution in [2.75, 3.05) is 86.0 Å². The molecule has 3 fully saturated rings. The maximum atomic E-state index is 13.2. The number of urea groups is 1. The molecule has 0 radical (unpaired) electrons. The molecule has 0 saturated carbocycles. The third kappa shape index (κ3) is 9.27. The van der Waals surface area contributed by atoms with Gasteiger partial charge in [-0.1, -0.05) is 17.7 Å². The van der Waals surface area contributed by atoms with Gasteiger partial charge in [0.15, 0.2) is 0 Å². The van der Waals surface area contributed by atoms with Crippen molar-refractivity contribution < 1.29 is 14.4 Å². The minimum Gasteiger partial charge on any atom is -0.365 e. The summed E-state index contributed by atoms with van der Waals surface area (Å²) < 4.78 is 2.13. The highest BCUT2D eigenvalue weighted by Crippen LogP contribution is 2.32. The van der Waals surface area contributed by atoms with Crippen LogP contribution in [0.15, 0.2) is 60.9 Å². The molecule has 7 rings (SSSR count). The van der Waals surface area contributed by atoms with Crippen LogP contribution in [0.2, 0.25) is 5.02 Å². The molecule has 4 aromatic rings. The highest BCUT2D eigenvalue weighted by molar-refractivity contribution is 6.32. The first kappa shape index (κ1) is 39.8. The van der Waals surface area contributed by atoms with E-state index in [9.17, 15) is 19.6 Å². The largest absolute Gasteiger partial charge is 0.365 e. The Bertz CT molecular complexity index is 2070. The third-order valence-corrected chi connectivity index (χ3v) is 12.2. The number of nitriles is 1. The number of hydrogen-bond donors (Lipinski definition) is 2. The molecule has 1 unspecified atom stereocenters. The molecule has 15 heteroatoms. The average Bonchev–Trinajstić information content (AvgIpc) is 3.68. The molecule has 1 atom stereocenters. The van der Waals surface area contributed by atoms with Gasteiger partial charge in [0.1, 0.15) is 11.9 Å². The zero-order valence-electron chi connectivity index (χ0n) is 32.8. The van der Waals surface area contributed by atoms with Crippen LogP contribution in [-0.4, -0.2) is 115 Å². The molecule has 5 heterocycles. The summed E-state index contributed by atoms with van der Waals surface area (Å²) in [5, 5.41) is 21.0. The normalized spacial score (nSPS) is 18.4. The van der Waals surface area contributed by atoms with Crippen LogP contribution in [0.3, 0.4) is 0 Å². The molecular weight excluding hydrogens is 742 g/mol. The number of pyridine rings is 1. The molecule has 0 aliphatic carbocycles. The fraction of sp³-hybridized carbons (Fsp3) is 0.476. The minimum absolute atomic E-state index is 0.0887. The van der Waals surface area contributed by atoms with Crippen molar-refractivity contribution >= 4 is 63.7 Å². The molecule has 300 valence electrons. The lowest BCUT2D eigenvalue weighted by Gasteiger charge is -2.41. The first-order valence-electron chi connectivity index (χ1n) is 20.1. The van der Waals surface area contributed by atoms with Crippen molar-refractivity contribution in [1.29, 1.82) is 5.26 Å². The van der Waals surface area contributed by atoms with E-state index in [1.165, 1.54) is 6.42 Å². The summed E-state index contributed by atoms with van der Waals surface area (Å²) in [4.78, 5) is 52.2. The number of anilines is 4. The van der Waals surface area contributed by atoms with Crippen LogP contribution in [0.1, 0.15) is 57.1 Å². The van der Waals surface area contributed by atoms with Crippen LogP contribution >= 0.6 is 11.6 Å². The number of nitrogens with one attached hydrogen (secondary N) is 2. The van der Waals surface area contributed by atoms with Crippen molar-refractivity contribution in [3.05, 3.63) is 71.5 Å². The molecule has 3 aliphatic heterocycles. The molecule has 0 bridgehead atoms. The topological polar surface area (TPSA) is 146 Å². The maximum absolute atomic E-state index is 13.2. The van der Waals surface area contributed by atoms with Crippen molar-refractivity contribution in [2.24, 2.45) is 5.92 Å². The number of hydrogen-bond acceptors (Lipinski definition) is 9. The van der Waals surface area contributed by atoms with E-state index in [4.69, 9.17) is 21.7 Å². The predicted octanol–water partition coefficient (Wildman–Crippen LogP) is 5.74. The van der Waals surface area contributed by atoms with Crippen LogP contribution in [0, 0.1) is 17.2 Å². The summed E-state index contributed by atoms with van der Waals surface area (Å²) in [5.41, 5.74) is 3.89. The number of likely N-dealkylation sites (tertiary alicyclic amines) is 1. The van der Waals surface area contributed by atoms with Gasteiger partial charge in [0.2, 0.25) is 12.3 Å². The molecule has 57 heavy (non-hydrogen) atoms.